The highest BCUT2D eigenvalue weighted by Crippen LogP contribution is 2.37. The Labute approximate surface area is 203 Å². The van der Waals surface area contributed by atoms with Gasteiger partial charge in [-0.3, -0.25) is 0 Å². The minimum atomic E-state index is -2.52. The summed E-state index contributed by atoms with van der Waals surface area (Å²) in [7, 11) is -2.52. The molecule has 3 nitrogen and oxygen atoms in total. The summed E-state index contributed by atoms with van der Waals surface area (Å²) in [6.07, 6.45) is 10.1. The number of unbranched alkanes of at least 4 members (excludes halogenated alkanes) is 6. The predicted molar refractivity (Wildman–Crippen MR) is 141 cm³/mol. The molecule has 1 saturated heterocycles. The molecule has 0 bridgehead atoms. The van der Waals surface area contributed by atoms with Gasteiger partial charge in [0.1, 0.15) is 6.10 Å². The lowest BCUT2D eigenvalue weighted by Crippen LogP contribution is -2.67. The minimum absolute atomic E-state index is 0.00111. The van der Waals surface area contributed by atoms with E-state index >= 15 is 0 Å². The van der Waals surface area contributed by atoms with Gasteiger partial charge in [0.25, 0.3) is 8.32 Å². The molecule has 1 heterocycles. The molecule has 2 aromatic rings. The number of ether oxygens (including phenoxy) is 2. The second-order valence-corrected chi connectivity index (χ2v) is 14.7. The Bertz CT molecular complexity index is 748. The van der Waals surface area contributed by atoms with E-state index in [9.17, 15) is 0 Å². The third kappa shape index (κ3) is 7.02. The number of hydrogen-bond acceptors (Lipinski definition) is 3. The van der Waals surface area contributed by atoms with Crippen LogP contribution in [0.1, 0.15) is 79.1 Å². The normalized spacial score (nSPS) is 19.2. The molecule has 1 fully saturated rings. The first-order chi connectivity index (χ1) is 16.0. The molecule has 0 amide bonds. The smallest absolute Gasteiger partial charge is 0.261 e. The maximum atomic E-state index is 7.01. The van der Waals surface area contributed by atoms with Gasteiger partial charge in [0.2, 0.25) is 0 Å². The summed E-state index contributed by atoms with van der Waals surface area (Å²) >= 11 is 0. The third-order valence-corrected chi connectivity index (χ3v) is 11.8. The van der Waals surface area contributed by atoms with Crippen LogP contribution in [-0.4, -0.2) is 33.9 Å². The second kappa shape index (κ2) is 12.8. The summed E-state index contributed by atoms with van der Waals surface area (Å²) in [4.78, 5) is 0. The fourth-order valence-electron chi connectivity index (χ4n) is 4.99. The quantitative estimate of drug-likeness (QED) is 0.250. The van der Waals surface area contributed by atoms with Crippen molar-refractivity contribution in [2.45, 2.75) is 96.5 Å². The van der Waals surface area contributed by atoms with Gasteiger partial charge in [0.05, 0.1) is 13.2 Å². The van der Waals surface area contributed by atoms with Gasteiger partial charge < -0.3 is 13.9 Å². The molecule has 3 rings (SSSR count). The maximum absolute atomic E-state index is 7.01. The highest BCUT2D eigenvalue weighted by Gasteiger charge is 2.50. The molecule has 2 atom stereocenters. The zero-order valence-electron chi connectivity index (χ0n) is 21.2. The molecule has 1 aliphatic heterocycles. The standard InChI is InChI=1S/C29H44O3Si/c1-5-6-7-8-9-10-17-22-28-30-23-25(32-28)24-31-33(29(2,3)4,26-18-13-11-14-19-26)27-20-15-12-16-21-27/h11-16,18-21,25,28H,5-10,17,22-24H2,1-4H3. The summed E-state index contributed by atoms with van der Waals surface area (Å²) in [6, 6.07) is 21.6. The van der Waals surface area contributed by atoms with Crippen LogP contribution in [0.2, 0.25) is 5.04 Å². The summed E-state index contributed by atoms with van der Waals surface area (Å²) < 4.78 is 19.3. The Balaban J connectivity index is 1.61. The number of benzene rings is 2. The van der Waals surface area contributed by atoms with Crippen LogP contribution in [0.25, 0.3) is 0 Å². The van der Waals surface area contributed by atoms with Crippen molar-refractivity contribution in [1.82, 2.24) is 0 Å². The highest BCUT2D eigenvalue weighted by atomic mass is 28.4. The van der Waals surface area contributed by atoms with Crippen molar-refractivity contribution >= 4 is 18.7 Å². The molecule has 182 valence electrons. The van der Waals surface area contributed by atoms with E-state index in [4.69, 9.17) is 13.9 Å². The fraction of sp³-hybridized carbons (Fsp3) is 0.586. The zero-order chi connectivity index (χ0) is 23.6. The Kier molecular flexibility index (Phi) is 10.2. The van der Waals surface area contributed by atoms with Crippen LogP contribution in [-0.2, 0) is 13.9 Å². The molecule has 0 aliphatic carbocycles. The van der Waals surface area contributed by atoms with Gasteiger partial charge in [-0.2, -0.15) is 0 Å². The molecule has 0 spiro atoms. The highest BCUT2D eigenvalue weighted by molar-refractivity contribution is 6.99. The molecular formula is C29H44O3Si. The molecule has 4 heteroatoms. The third-order valence-electron chi connectivity index (χ3n) is 6.76. The average Bonchev–Trinajstić information content (AvgIpc) is 3.27. The van der Waals surface area contributed by atoms with Crippen molar-refractivity contribution in [3.05, 3.63) is 60.7 Å². The van der Waals surface area contributed by atoms with Gasteiger partial charge in [0, 0.05) is 0 Å². The van der Waals surface area contributed by atoms with Crippen molar-refractivity contribution in [2.24, 2.45) is 0 Å². The van der Waals surface area contributed by atoms with E-state index in [0.717, 1.165) is 6.42 Å². The van der Waals surface area contributed by atoms with Gasteiger partial charge in [-0.15, -0.1) is 0 Å². The van der Waals surface area contributed by atoms with E-state index in [2.05, 4.69) is 88.4 Å². The topological polar surface area (TPSA) is 27.7 Å². The molecular weight excluding hydrogens is 424 g/mol. The lowest BCUT2D eigenvalue weighted by Gasteiger charge is -2.43. The first-order valence-corrected chi connectivity index (χ1v) is 14.9. The Morgan fingerprint density at radius 2 is 1.36 bits per heavy atom. The van der Waals surface area contributed by atoms with E-state index in [1.54, 1.807) is 0 Å². The maximum Gasteiger partial charge on any atom is 0.261 e. The SMILES string of the molecule is CCCCCCCCCC1OCC(CO[Si](c2ccccc2)(c2ccccc2)C(C)(C)C)O1. The largest absolute Gasteiger partial charge is 0.405 e. The Morgan fingerprint density at radius 3 is 1.91 bits per heavy atom. The van der Waals surface area contributed by atoms with Crippen LogP contribution in [0, 0.1) is 0 Å². The van der Waals surface area contributed by atoms with Gasteiger partial charge in [-0.05, 0) is 28.3 Å². The predicted octanol–water partition coefficient (Wildman–Crippen LogP) is 6.45. The number of hydrogen-bond donors (Lipinski definition) is 0. The molecule has 0 radical (unpaired) electrons. The van der Waals surface area contributed by atoms with Crippen LogP contribution in [0.3, 0.4) is 0 Å². The van der Waals surface area contributed by atoms with Gasteiger partial charge in [-0.1, -0.05) is 127 Å². The lowest BCUT2D eigenvalue weighted by atomic mass is 10.1. The molecule has 0 N–H and O–H groups in total. The van der Waals surface area contributed by atoms with Crippen LogP contribution >= 0.6 is 0 Å². The van der Waals surface area contributed by atoms with Crippen LogP contribution < -0.4 is 10.4 Å². The average molecular weight is 469 g/mol. The summed E-state index contributed by atoms with van der Waals surface area (Å²) in [5, 5.41) is 2.59. The fourth-order valence-corrected chi connectivity index (χ4v) is 9.59. The second-order valence-electron chi connectivity index (χ2n) is 10.4. The van der Waals surface area contributed by atoms with E-state index < -0.39 is 8.32 Å². The van der Waals surface area contributed by atoms with Crippen molar-refractivity contribution in [3.8, 4) is 0 Å². The van der Waals surface area contributed by atoms with E-state index in [1.165, 1.54) is 55.3 Å². The van der Waals surface area contributed by atoms with Crippen LogP contribution in [0.15, 0.2) is 60.7 Å². The molecule has 1 aliphatic rings. The summed E-state index contributed by atoms with van der Waals surface area (Å²) in [5.41, 5.74) is 0. The zero-order valence-corrected chi connectivity index (χ0v) is 22.2. The van der Waals surface area contributed by atoms with Gasteiger partial charge >= 0.3 is 0 Å². The molecule has 0 aromatic heterocycles. The van der Waals surface area contributed by atoms with Crippen molar-refractivity contribution in [2.75, 3.05) is 13.2 Å². The summed E-state index contributed by atoms with van der Waals surface area (Å²) in [5.74, 6) is 0. The number of rotatable bonds is 13. The molecule has 2 aromatic carbocycles. The lowest BCUT2D eigenvalue weighted by molar-refractivity contribution is -0.0691. The first-order valence-electron chi connectivity index (χ1n) is 13.0. The molecule has 2 unspecified atom stereocenters. The van der Waals surface area contributed by atoms with Crippen molar-refractivity contribution < 1.29 is 13.9 Å². The van der Waals surface area contributed by atoms with Crippen LogP contribution in [0.4, 0.5) is 0 Å². The summed E-state index contributed by atoms with van der Waals surface area (Å²) in [6.45, 7) is 10.4. The minimum Gasteiger partial charge on any atom is -0.405 e. The molecule has 0 saturated carbocycles. The Hall–Kier alpha value is -1.46. The first kappa shape index (κ1) is 26.1. The van der Waals surface area contributed by atoms with Gasteiger partial charge in [0.15, 0.2) is 6.29 Å². The van der Waals surface area contributed by atoms with Crippen molar-refractivity contribution in [1.29, 1.82) is 0 Å². The monoisotopic (exact) mass is 468 g/mol. The van der Waals surface area contributed by atoms with Crippen LogP contribution in [0.5, 0.6) is 0 Å². The Morgan fingerprint density at radius 1 is 0.818 bits per heavy atom. The van der Waals surface area contributed by atoms with E-state index in [-0.39, 0.29) is 17.4 Å². The van der Waals surface area contributed by atoms with Gasteiger partial charge in [-0.25, -0.2) is 0 Å². The van der Waals surface area contributed by atoms with E-state index in [0.29, 0.717) is 13.2 Å². The molecule has 33 heavy (non-hydrogen) atoms. The van der Waals surface area contributed by atoms with E-state index in [1.807, 2.05) is 0 Å². The van der Waals surface area contributed by atoms with Crippen molar-refractivity contribution in [3.63, 3.8) is 0 Å².